The normalized spacial score (nSPS) is 12.2. The lowest BCUT2D eigenvalue weighted by Gasteiger charge is -2.16. The van der Waals surface area contributed by atoms with Gasteiger partial charge < -0.3 is 24.2 Å². The van der Waals surface area contributed by atoms with E-state index in [0.29, 0.717) is 35.0 Å². The first-order chi connectivity index (χ1) is 11.7. The molecular formula is C17H19N3O4. The molecule has 0 aliphatic heterocycles. The van der Waals surface area contributed by atoms with Crippen LogP contribution in [0.3, 0.4) is 0 Å². The molecule has 2 heterocycles. The number of ether oxygens (including phenoxy) is 1. The molecule has 0 fully saturated rings. The summed E-state index contributed by atoms with van der Waals surface area (Å²) < 4.78 is 16.0. The highest BCUT2D eigenvalue weighted by Crippen LogP contribution is 2.20. The Morgan fingerprint density at radius 2 is 2.25 bits per heavy atom. The minimum Gasteiger partial charge on any atom is -0.467 e. The van der Waals surface area contributed by atoms with Crippen molar-refractivity contribution in [3.05, 3.63) is 48.2 Å². The summed E-state index contributed by atoms with van der Waals surface area (Å²) in [7, 11) is 1.57. The number of carbonyl (C=O) groups excluding carboxylic acids is 1. The summed E-state index contributed by atoms with van der Waals surface area (Å²) in [5.74, 6) is 1.30. The number of furan rings is 1. The molecule has 2 aromatic heterocycles. The average molecular weight is 329 g/mol. The highest BCUT2D eigenvalue weighted by atomic mass is 16.5. The van der Waals surface area contributed by atoms with E-state index in [2.05, 4.69) is 15.6 Å². The summed E-state index contributed by atoms with van der Waals surface area (Å²) in [5.41, 5.74) is 2.04. The average Bonchev–Trinajstić information content (AvgIpc) is 3.23. The molecule has 0 spiro atoms. The van der Waals surface area contributed by atoms with Gasteiger partial charge in [0, 0.05) is 19.2 Å². The summed E-state index contributed by atoms with van der Waals surface area (Å²) in [6.45, 7) is 2.28. The number of amides is 2. The molecular weight excluding hydrogens is 310 g/mol. The van der Waals surface area contributed by atoms with Gasteiger partial charge in [0.05, 0.1) is 12.9 Å². The van der Waals surface area contributed by atoms with Crippen molar-refractivity contribution in [3.8, 4) is 0 Å². The number of aryl methyl sites for hydroxylation is 1. The zero-order valence-electron chi connectivity index (χ0n) is 13.5. The predicted octanol–water partition coefficient (Wildman–Crippen LogP) is 3.49. The van der Waals surface area contributed by atoms with Crippen LogP contribution in [0, 0.1) is 0 Å². The van der Waals surface area contributed by atoms with Crippen molar-refractivity contribution in [1.82, 2.24) is 10.3 Å². The first-order valence-corrected chi connectivity index (χ1v) is 7.69. The van der Waals surface area contributed by atoms with Gasteiger partial charge in [-0.15, -0.1) is 0 Å². The fourth-order valence-corrected chi connectivity index (χ4v) is 2.38. The molecule has 1 aromatic carbocycles. The van der Waals surface area contributed by atoms with Crippen molar-refractivity contribution in [1.29, 1.82) is 0 Å². The van der Waals surface area contributed by atoms with E-state index in [9.17, 15) is 4.79 Å². The Morgan fingerprint density at radius 1 is 1.38 bits per heavy atom. The van der Waals surface area contributed by atoms with E-state index < -0.39 is 0 Å². The number of urea groups is 1. The number of fused-ring (bicyclic) bond motifs is 1. The number of nitrogens with zero attached hydrogens (tertiary/aromatic N) is 1. The highest BCUT2D eigenvalue weighted by Gasteiger charge is 2.17. The fourth-order valence-electron chi connectivity index (χ4n) is 2.38. The molecule has 3 rings (SSSR count). The maximum atomic E-state index is 12.2. The molecule has 3 aromatic rings. The lowest BCUT2D eigenvalue weighted by Crippen LogP contribution is -2.34. The highest BCUT2D eigenvalue weighted by molar-refractivity contribution is 5.91. The summed E-state index contributed by atoms with van der Waals surface area (Å²) in [4.78, 5) is 16.6. The van der Waals surface area contributed by atoms with E-state index in [0.717, 1.165) is 6.42 Å². The molecule has 126 valence electrons. The van der Waals surface area contributed by atoms with Crippen molar-refractivity contribution in [2.75, 3.05) is 19.0 Å². The topological polar surface area (TPSA) is 89.5 Å². The first kappa shape index (κ1) is 16.1. The quantitative estimate of drug-likeness (QED) is 0.722. The summed E-state index contributed by atoms with van der Waals surface area (Å²) in [6.07, 6.45) is 2.28. The molecule has 0 aliphatic rings. The van der Waals surface area contributed by atoms with Crippen molar-refractivity contribution in [2.45, 2.75) is 19.4 Å². The Hall–Kier alpha value is -2.80. The van der Waals surface area contributed by atoms with E-state index in [1.54, 1.807) is 43.7 Å². The van der Waals surface area contributed by atoms with E-state index in [1.165, 1.54) is 0 Å². The van der Waals surface area contributed by atoms with Gasteiger partial charge in [-0.05, 0) is 30.3 Å². The molecule has 1 unspecified atom stereocenters. The van der Waals surface area contributed by atoms with Crippen LogP contribution in [0.25, 0.3) is 11.1 Å². The maximum Gasteiger partial charge on any atom is 0.319 e. The molecule has 24 heavy (non-hydrogen) atoms. The molecule has 0 aliphatic carbocycles. The van der Waals surface area contributed by atoms with Crippen LogP contribution in [0.5, 0.6) is 0 Å². The third-order valence-electron chi connectivity index (χ3n) is 3.52. The summed E-state index contributed by atoms with van der Waals surface area (Å²) in [6, 6.07) is 8.16. The van der Waals surface area contributed by atoms with Gasteiger partial charge in [0.1, 0.15) is 17.3 Å². The first-order valence-electron chi connectivity index (χ1n) is 7.69. The second-order valence-electron chi connectivity index (χ2n) is 5.27. The Morgan fingerprint density at radius 3 is 2.96 bits per heavy atom. The predicted molar refractivity (Wildman–Crippen MR) is 88.9 cm³/mol. The van der Waals surface area contributed by atoms with Gasteiger partial charge >= 0.3 is 6.03 Å². The van der Waals surface area contributed by atoms with Crippen molar-refractivity contribution < 1.29 is 18.4 Å². The molecule has 1 atom stereocenters. The molecule has 0 saturated carbocycles. The minimum absolute atomic E-state index is 0.309. The zero-order chi connectivity index (χ0) is 16.9. The van der Waals surface area contributed by atoms with Gasteiger partial charge in [-0.3, -0.25) is 0 Å². The van der Waals surface area contributed by atoms with Crippen molar-refractivity contribution in [3.63, 3.8) is 0 Å². The van der Waals surface area contributed by atoms with E-state index in [-0.39, 0.29) is 12.1 Å². The Balaban J connectivity index is 1.69. The number of rotatable bonds is 6. The number of carbonyl (C=O) groups is 1. The van der Waals surface area contributed by atoms with Crippen LogP contribution in [0.15, 0.2) is 45.4 Å². The smallest absolute Gasteiger partial charge is 0.319 e. The van der Waals surface area contributed by atoms with Crippen LogP contribution in [0.1, 0.15) is 24.6 Å². The monoisotopic (exact) mass is 329 g/mol. The van der Waals surface area contributed by atoms with E-state index in [1.807, 2.05) is 6.92 Å². The van der Waals surface area contributed by atoms with Gasteiger partial charge in [-0.1, -0.05) is 6.92 Å². The Labute approximate surface area is 139 Å². The minimum atomic E-state index is -0.368. The Kier molecular flexibility index (Phi) is 4.81. The van der Waals surface area contributed by atoms with Gasteiger partial charge in [0.2, 0.25) is 0 Å². The number of hydrogen-bond acceptors (Lipinski definition) is 5. The molecule has 0 bridgehead atoms. The van der Waals surface area contributed by atoms with Crippen molar-refractivity contribution >= 4 is 22.8 Å². The number of methoxy groups -OCH3 is 1. The lowest BCUT2D eigenvalue weighted by atomic mass is 10.2. The summed E-state index contributed by atoms with van der Waals surface area (Å²) in [5, 5.41) is 5.60. The third-order valence-corrected chi connectivity index (χ3v) is 3.52. The van der Waals surface area contributed by atoms with Gasteiger partial charge in [-0.2, -0.15) is 0 Å². The van der Waals surface area contributed by atoms with Crippen LogP contribution < -0.4 is 10.6 Å². The Bertz CT molecular complexity index is 810. The second-order valence-corrected chi connectivity index (χ2v) is 5.27. The van der Waals surface area contributed by atoms with Crippen molar-refractivity contribution in [2.24, 2.45) is 0 Å². The second kappa shape index (κ2) is 7.18. The zero-order valence-corrected chi connectivity index (χ0v) is 13.5. The molecule has 7 nitrogen and oxygen atoms in total. The van der Waals surface area contributed by atoms with Crippen LogP contribution >= 0.6 is 0 Å². The largest absolute Gasteiger partial charge is 0.467 e. The van der Waals surface area contributed by atoms with Crippen LogP contribution in [-0.4, -0.2) is 24.7 Å². The lowest BCUT2D eigenvalue weighted by molar-refractivity contribution is 0.159. The number of aromatic nitrogens is 1. The number of hydrogen-bond donors (Lipinski definition) is 2. The van der Waals surface area contributed by atoms with Crippen LogP contribution in [0.2, 0.25) is 0 Å². The van der Waals surface area contributed by atoms with Crippen LogP contribution in [-0.2, 0) is 11.2 Å². The van der Waals surface area contributed by atoms with Crippen LogP contribution in [0.4, 0.5) is 10.5 Å². The molecule has 2 amide bonds. The molecule has 2 N–H and O–H groups in total. The number of anilines is 1. The third kappa shape index (κ3) is 3.57. The maximum absolute atomic E-state index is 12.2. The number of oxazole rings is 1. The van der Waals surface area contributed by atoms with E-state index in [4.69, 9.17) is 13.6 Å². The number of nitrogens with one attached hydrogen (secondary N) is 2. The van der Waals surface area contributed by atoms with Gasteiger partial charge in [-0.25, -0.2) is 9.78 Å². The fraction of sp³-hybridized carbons (Fsp3) is 0.294. The van der Waals surface area contributed by atoms with Gasteiger partial charge in [0.25, 0.3) is 0 Å². The molecule has 0 radical (unpaired) electrons. The standard InChI is InChI=1S/C17H19N3O4/c1-3-16-19-12-9-11(6-7-15(12)24-16)18-17(21)20-13(10-22-2)14-5-4-8-23-14/h4-9,13H,3,10H2,1-2H3,(H2,18,20,21). The summed E-state index contributed by atoms with van der Waals surface area (Å²) >= 11 is 0. The molecule has 7 heteroatoms. The SMILES string of the molecule is CCc1nc2cc(NC(=O)NC(COC)c3ccco3)ccc2o1. The van der Waals surface area contributed by atoms with E-state index >= 15 is 0 Å². The van der Waals surface area contributed by atoms with Gasteiger partial charge in [0.15, 0.2) is 11.5 Å². The molecule has 0 saturated heterocycles. The number of benzene rings is 1.